The molecule has 2 rings (SSSR count). The summed E-state index contributed by atoms with van der Waals surface area (Å²) in [7, 11) is 0. The Kier molecular flexibility index (Phi) is 7.88. The standard InChI is InChI=1S/C12H19N3.C5H10O2/c13-12-3-1-2-11(15-12)5-4-10-6-8-14-9-7-10;1-5(2,3)7-4-6/h1-3,10,14H,4-9H2,(H2,13,15);4H,1-3H3. The van der Waals surface area contributed by atoms with Crippen LogP contribution in [0, 0.1) is 5.92 Å². The molecule has 22 heavy (non-hydrogen) atoms. The van der Waals surface area contributed by atoms with Crippen molar-refractivity contribution >= 4 is 12.3 Å². The highest BCUT2D eigenvalue weighted by atomic mass is 16.5. The number of piperidine rings is 1. The summed E-state index contributed by atoms with van der Waals surface area (Å²) in [5, 5.41) is 3.39. The average Bonchev–Trinajstić information content (AvgIpc) is 2.46. The average molecular weight is 307 g/mol. The Balaban J connectivity index is 0.000000295. The Labute approximate surface area is 133 Å². The van der Waals surface area contributed by atoms with Gasteiger partial charge in [0.2, 0.25) is 0 Å². The van der Waals surface area contributed by atoms with E-state index in [1.807, 2.05) is 32.9 Å². The SMILES string of the molecule is CC(C)(C)OC=O.Nc1cccc(CCC2CCNCC2)n1. The lowest BCUT2D eigenvalue weighted by molar-refractivity contribution is -0.138. The van der Waals surface area contributed by atoms with Crippen molar-refractivity contribution in [2.75, 3.05) is 18.8 Å². The van der Waals surface area contributed by atoms with Gasteiger partial charge in [0.1, 0.15) is 11.4 Å². The fourth-order valence-electron chi connectivity index (χ4n) is 2.30. The van der Waals surface area contributed by atoms with E-state index in [-0.39, 0.29) is 5.60 Å². The number of nitrogens with one attached hydrogen (secondary N) is 1. The second-order valence-electron chi connectivity index (χ2n) is 6.61. The molecule has 5 heteroatoms. The second kappa shape index (κ2) is 9.41. The number of carbonyl (C=O) groups is 1. The lowest BCUT2D eigenvalue weighted by Crippen LogP contribution is -2.27. The molecule has 0 radical (unpaired) electrons. The normalized spacial score (nSPS) is 15.6. The summed E-state index contributed by atoms with van der Waals surface area (Å²) in [5.41, 5.74) is 6.46. The summed E-state index contributed by atoms with van der Waals surface area (Å²) in [4.78, 5) is 13.9. The highest BCUT2D eigenvalue weighted by Crippen LogP contribution is 2.18. The first-order chi connectivity index (χ1) is 10.4. The highest BCUT2D eigenvalue weighted by molar-refractivity contribution is 5.37. The number of hydrogen-bond acceptors (Lipinski definition) is 5. The van der Waals surface area contributed by atoms with Gasteiger partial charge in [-0.25, -0.2) is 4.98 Å². The minimum Gasteiger partial charge on any atom is -0.462 e. The van der Waals surface area contributed by atoms with Crippen LogP contribution in [0.1, 0.15) is 45.7 Å². The molecule has 1 aromatic heterocycles. The van der Waals surface area contributed by atoms with Crippen molar-refractivity contribution in [3.63, 3.8) is 0 Å². The van der Waals surface area contributed by atoms with Gasteiger partial charge in [0.25, 0.3) is 6.47 Å². The lowest BCUT2D eigenvalue weighted by Gasteiger charge is -2.22. The quantitative estimate of drug-likeness (QED) is 0.836. The maximum Gasteiger partial charge on any atom is 0.293 e. The minimum atomic E-state index is -0.318. The van der Waals surface area contributed by atoms with E-state index < -0.39 is 0 Å². The number of rotatable bonds is 4. The third-order valence-corrected chi connectivity index (χ3v) is 3.50. The third kappa shape index (κ3) is 8.62. The summed E-state index contributed by atoms with van der Waals surface area (Å²) in [6, 6.07) is 5.89. The molecule has 1 fully saturated rings. The summed E-state index contributed by atoms with van der Waals surface area (Å²) >= 11 is 0. The van der Waals surface area contributed by atoms with E-state index in [2.05, 4.69) is 21.1 Å². The molecule has 1 aliphatic rings. The zero-order valence-electron chi connectivity index (χ0n) is 14.0. The van der Waals surface area contributed by atoms with E-state index in [1.54, 1.807) is 0 Å². The summed E-state index contributed by atoms with van der Waals surface area (Å²) < 4.78 is 4.55. The Bertz CT molecular complexity index is 438. The fourth-order valence-corrected chi connectivity index (χ4v) is 2.30. The van der Waals surface area contributed by atoms with Crippen molar-refractivity contribution < 1.29 is 9.53 Å². The molecule has 0 spiro atoms. The number of aromatic nitrogens is 1. The van der Waals surface area contributed by atoms with Gasteiger partial charge in [0.15, 0.2) is 0 Å². The predicted molar refractivity (Wildman–Crippen MR) is 89.5 cm³/mol. The number of hydrogen-bond donors (Lipinski definition) is 2. The van der Waals surface area contributed by atoms with E-state index in [4.69, 9.17) is 5.73 Å². The molecule has 1 aliphatic heterocycles. The monoisotopic (exact) mass is 307 g/mol. The molecule has 1 aromatic rings. The molecule has 0 atom stereocenters. The first-order valence-corrected chi connectivity index (χ1v) is 7.94. The third-order valence-electron chi connectivity index (χ3n) is 3.50. The Hall–Kier alpha value is -1.62. The van der Waals surface area contributed by atoms with Gasteiger partial charge in [-0.2, -0.15) is 0 Å². The zero-order chi connectivity index (χ0) is 16.4. The highest BCUT2D eigenvalue weighted by Gasteiger charge is 2.12. The van der Waals surface area contributed by atoms with Gasteiger partial charge in [-0.05, 0) is 77.6 Å². The maximum atomic E-state index is 9.60. The van der Waals surface area contributed by atoms with Crippen LogP contribution in [0.25, 0.3) is 0 Å². The molecule has 0 unspecified atom stereocenters. The fraction of sp³-hybridized carbons (Fsp3) is 0.647. The zero-order valence-corrected chi connectivity index (χ0v) is 14.0. The van der Waals surface area contributed by atoms with Crippen LogP contribution in [-0.2, 0) is 16.0 Å². The van der Waals surface area contributed by atoms with Gasteiger partial charge in [0.05, 0.1) is 0 Å². The number of carbonyl (C=O) groups excluding carboxylic acids is 1. The lowest BCUT2D eigenvalue weighted by atomic mass is 9.92. The van der Waals surface area contributed by atoms with Crippen LogP contribution >= 0.6 is 0 Å². The van der Waals surface area contributed by atoms with Crippen LogP contribution < -0.4 is 11.1 Å². The molecule has 1 saturated heterocycles. The number of anilines is 1. The molecular weight excluding hydrogens is 278 g/mol. The minimum absolute atomic E-state index is 0.318. The number of pyridine rings is 1. The van der Waals surface area contributed by atoms with Gasteiger partial charge in [0, 0.05) is 5.69 Å². The Morgan fingerprint density at radius 1 is 1.36 bits per heavy atom. The van der Waals surface area contributed by atoms with Crippen molar-refractivity contribution in [3.05, 3.63) is 23.9 Å². The van der Waals surface area contributed by atoms with Crippen molar-refractivity contribution in [2.45, 2.75) is 52.1 Å². The molecule has 0 aliphatic carbocycles. The van der Waals surface area contributed by atoms with Gasteiger partial charge < -0.3 is 15.8 Å². The molecule has 2 heterocycles. The Morgan fingerprint density at radius 2 is 2.05 bits per heavy atom. The molecule has 0 saturated carbocycles. The van der Waals surface area contributed by atoms with E-state index in [9.17, 15) is 4.79 Å². The van der Waals surface area contributed by atoms with Crippen LogP contribution in [0.15, 0.2) is 18.2 Å². The Morgan fingerprint density at radius 3 is 2.55 bits per heavy atom. The number of nitrogens with zero attached hydrogens (tertiary/aromatic N) is 1. The van der Waals surface area contributed by atoms with Crippen LogP contribution in [-0.4, -0.2) is 30.1 Å². The largest absolute Gasteiger partial charge is 0.462 e. The maximum absolute atomic E-state index is 9.60. The molecule has 0 bridgehead atoms. The van der Waals surface area contributed by atoms with Crippen molar-refractivity contribution in [1.29, 1.82) is 0 Å². The van der Waals surface area contributed by atoms with Gasteiger partial charge in [-0.1, -0.05) is 6.07 Å². The van der Waals surface area contributed by atoms with Crippen LogP contribution in [0.2, 0.25) is 0 Å². The summed E-state index contributed by atoms with van der Waals surface area (Å²) in [6.45, 7) is 8.27. The second-order valence-corrected chi connectivity index (χ2v) is 6.61. The van der Waals surface area contributed by atoms with Crippen molar-refractivity contribution in [1.82, 2.24) is 10.3 Å². The summed E-state index contributed by atoms with van der Waals surface area (Å²) in [5.74, 6) is 1.51. The van der Waals surface area contributed by atoms with E-state index in [1.165, 1.54) is 32.4 Å². The molecule has 5 nitrogen and oxygen atoms in total. The smallest absolute Gasteiger partial charge is 0.293 e. The van der Waals surface area contributed by atoms with Crippen LogP contribution in [0.4, 0.5) is 5.82 Å². The first kappa shape index (κ1) is 18.4. The number of ether oxygens (including phenoxy) is 1. The topological polar surface area (TPSA) is 77.2 Å². The van der Waals surface area contributed by atoms with Crippen molar-refractivity contribution in [3.8, 4) is 0 Å². The van der Waals surface area contributed by atoms with Crippen molar-refractivity contribution in [2.24, 2.45) is 5.92 Å². The molecule has 124 valence electrons. The molecular formula is C17H29N3O2. The predicted octanol–water partition coefficient (Wildman–Crippen LogP) is 2.55. The van der Waals surface area contributed by atoms with Gasteiger partial charge in [-0.15, -0.1) is 0 Å². The number of nitrogen functional groups attached to an aromatic ring is 1. The summed E-state index contributed by atoms with van der Waals surface area (Å²) in [6.07, 6.45) is 4.93. The van der Waals surface area contributed by atoms with Crippen LogP contribution in [0.3, 0.4) is 0 Å². The van der Waals surface area contributed by atoms with E-state index >= 15 is 0 Å². The number of aryl methyl sites for hydroxylation is 1. The first-order valence-electron chi connectivity index (χ1n) is 7.94. The molecule has 0 amide bonds. The molecule has 0 aromatic carbocycles. The van der Waals surface area contributed by atoms with Gasteiger partial charge in [-0.3, -0.25) is 4.79 Å². The van der Waals surface area contributed by atoms with Gasteiger partial charge >= 0.3 is 0 Å². The number of nitrogens with two attached hydrogens (primary N) is 1. The van der Waals surface area contributed by atoms with Crippen LogP contribution in [0.5, 0.6) is 0 Å². The van der Waals surface area contributed by atoms with E-state index in [0.717, 1.165) is 18.0 Å². The molecule has 3 N–H and O–H groups in total. The van der Waals surface area contributed by atoms with E-state index in [0.29, 0.717) is 12.3 Å².